The van der Waals surface area contributed by atoms with E-state index in [1.165, 1.54) is 71.2 Å². The molecule has 0 bridgehead atoms. The summed E-state index contributed by atoms with van der Waals surface area (Å²) in [6.45, 7) is 19.2. The minimum atomic E-state index is 0.648. The number of hydrogen-bond donors (Lipinski definition) is 0. The zero-order valence-electron chi connectivity index (χ0n) is 16.6. The molecule has 0 aliphatic carbocycles. The van der Waals surface area contributed by atoms with Gasteiger partial charge in [-0.15, -0.1) is 6.58 Å². The van der Waals surface area contributed by atoms with Crippen molar-refractivity contribution >= 4 is 0 Å². The van der Waals surface area contributed by atoms with Crippen LogP contribution in [0, 0.1) is 17.3 Å². The second-order valence-corrected chi connectivity index (χ2v) is 8.70. The molecule has 2 heterocycles. The second kappa shape index (κ2) is 10.5. The minimum absolute atomic E-state index is 0.648. The van der Waals surface area contributed by atoms with E-state index >= 15 is 0 Å². The van der Waals surface area contributed by atoms with Crippen molar-refractivity contribution in [2.75, 3.05) is 39.8 Å². The van der Waals surface area contributed by atoms with Gasteiger partial charge >= 0.3 is 0 Å². The molecule has 2 rings (SSSR count). The Hall–Kier alpha value is -0.340. The summed E-state index contributed by atoms with van der Waals surface area (Å²) >= 11 is 0. The van der Waals surface area contributed by atoms with Crippen molar-refractivity contribution in [2.24, 2.45) is 17.3 Å². The van der Waals surface area contributed by atoms with Crippen molar-refractivity contribution in [3.05, 3.63) is 12.7 Å². The van der Waals surface area contributed by atoms with Gasteiger partial charge in [-0.2, -0.15) is 0 Å². The molecule has 0 aromatic heterocycles. The molecule has 2 fully saturated rings. The Morgan fingerprint density at radius 1 is 1.04 bits per heavy atom. The lowest BCUT2D eigenvalue weighted by atomic mass is 9.72. The Labute approximate surface area is 146 Å². The Bertz CT molecular complexity index is 314. The maximum Gasteiger partial charge on any atom is 0.00389 e. The number of rotatable bonds is 5. The third-order valence-corrected chi connectivity index (χ3v) is 5.52. The fourth-order valence-electron chi connectivity index (χ4n) is 3.73. The van der Waals surface area contributed by atoms with Crippen molar-refractivity contribution in [2.45, 2.75) is 66.2 Å². The molecule has 2 nitrogen and oxygen atoms in total. The van der Waals surface area contributed by atoms with Gasteiger partial charge in [0.05, 0.1) is 0 Å². The molecule has 2 aliphatic rings. The summed E-state index contributed by atoms with van der Waals surface area (Å²) in [5.41, 5.74) is 0.683. The molecular weight excluding hydrogens is 280 g/mol. The first kappa shape index (κ1) is 20.7. The van der Waals surface area contributed by atoms with Crippen molar-refractivity contribution in [1.29, 1.82) is 0 Å². The van der Waals surface area contributed by atoms with Crippen LogP contribution in [0.1, 0.15) is 66.2 Å². The molecule has 0 N–H and O–H groups in total. The first-order valence-corrected chi connectivity index (χ1v) is 9.90. The van der Waals surface area contributed by atoms with Crippen LogP contribution in [0.25, 0.3) is 0 Å². The van der Waals surface area contributed by atoms with E-state index in [1.807, 2.05) is 6.08 Å². The Balaban J connectivity index is 0.000000463. The van der Waals surface area contributed by atoms with Crippen LogP contribution in [0.2, 0.25) is 0 Å². The summed E-state index contributed by atoms with van der Waals surface area (Å²) in [6.07, 6.45) is 10.5. The van der Waals surface area contributed by atoms with Gasteiger partial charge < -0.3 is 9.80 Å². The van der Waals surface area contributed by atoms with Gasteiger partial charge in [-0.25, -0.2) is 0 Å². The Morgan fingerprint density at radius 2 is 1.65 bits per heavy atom. The van der Waals surface area contributed by atoms with E-state index in [1.54, 1.807) is 0 Å². The normalized spacial score (nSPS) is 22.2. The quantitative estimate of drug-likeness (QED) is 0.653. The molecule has 0 aromatic rings. The van der Waals surface area contributed by atoms with Crippen molar-refractivity contribution in [3.8, 4) is 0 Å². The molecule has 0 amide bonds. The van der Waals surface area contributed by atoms with Crippen LogP contribution in [-0.4, -0.2) is 49.6 Å². The maximum atomic E-state index is 3.56. The molecule has 136 valence electrons. The van der Waals surface area contributed by atoms with E-state index in [-0.39, 0.29) is 0 Å². The lowest BCUT2D eigenvalue weighted by Crippen LogP contribution is -2.49. The minimum Gasteiger partial charge on any atom is -0.306 e. The first-order chi connectivity index (χ1) is 10.9. The van der Waals surface area contributed by atoms with Crippen molar-refractivity contribution < 1.29 is 0 Å². The van der Waals surface area contributed by atoms with E-state index in [4.69, 9.17) is 0 Å². The molecular formula is C21H42N2. The molecule has 23 heavy (non-hydrogen) atoms. The van der Waals surface area contributed by atoms with E-state index in [9.17, 15) is 0 Å². The standard InChI is InChI=1S/C16H32N2.C5H10/c1-15(2)6-4-10-18-11-5-7-16(14-18)8-12-17(3)13-9-16;1-4-5(2)3/h15H,4-14H2,1-3H3;4-5H,1H2,2-3H3. The number of hydrogen-bond acceptors (Lipinski definition) is 2. The summed E-state index contributed by atoms with van der Waals surface area (Å²) in [4.78, 5) is 5.26. The summed E-state index contributed by atoms with van der Waals surface area (Å²) in [5.74, 6) is 1.52. The van der Waals surface area contributed by atoms with Crippen LogP contribution < -0.4 is 0 Å². The van der Waals surface area contributed by atoms with E-state index in [0.717, 1.165) is 5.92 Å². The highest BCUT2D eigenvalue weighted by atomic mass is 15.2. The van der Waals surface area contributed by atoms with Gasteiger partial charge in [0.25, 0.3) is 0 Å². The predicted molar refractivity (Wildman–Crippen MR) is 104 cm³/mol. The van der Waals surface area contributed by atoms with Crippen LogP contribution in [0.3, 0.4) is 0 Å². The summed E-state index contributed by atoms with van der Waals surface area (Å²) in [7, 11) is 2.27. The third-order valence-electron chi connectivity index (χ3n) is 5.52. The molecule has 2 aliphatic heterocycles. The molecule has 0 radical (unpaired) electrons. The van der Waals surface area contributed by atoms with Crippen molar-refractivity contribution in [3.63, 3.8) is 0 Å². The second-order valence-electron chi connectivity index (χ2n) is 8.70. The molecule has 2 saturated heterocycles. The summed E-state index contributed by atoms with van der Waals surface area (Å²) in [5, 5.41) is 0. The van der Waals surface area contributed by atoms with Crippen LogP contribution in [0.15, 0.2) is 12.7 Å². The molecule has 0 saturated carbocycles. The molecule has 0 atom stereocenters. The largest absolute Gasteiger partial charge is 0.306 e. The average molecular weight is 323 g/mol. The summed E-state index contributed by atoms with van der Waals surface area (Å²) < 4.78 is 0. The zero-order valence-corrected chi connectivity index (χ0v) is 16.6. The van der Waals surface area contributed by atoms with Crippen LogP contribution in [-0.2, 0) is 0 Å². The molecule has 2 heteroatoms. The van der Waals surface area contributed by atoms with E-state index < -0.39 is 0 Å². The fourth-order valence-corrected chi connectivity index (χ4v) is 3.73. The number of likely N-dealkylation sites (tertiary alicyclic amines) is 2. The van der Waals surface area contributed by atoms with Gasteiger partial charge in [-0.3, -0.25) is 0 Å². The lowest BCUT2D eigenvalue weighted by molar-refractivity contribution is 0.0301. The van der Waals surface area contributed by atoms with Crippen LogP contribution in [0.4, 0.5) is 0 Å². The highest BCUT2D eigenvalue weighted by molar-refractivity contribution is 4.91. The Morgan fingerprint density at radius 3 is 2.17 bits per heavy atom. The topological polar surface area (TPSA) is 6.48 Å². The molecule has 0 unspecified atom stereocenters. The van der Waals surface area contributed by atoms with Gasteiger partial charge in [0.15, 0.2) is 0 Å². The first-order valence-electron chi connectivity index (χ1n) is 9.90. The number of nitrogens with zero attached hydrogens (tertiary/aromatic N) is 2. The third kappa shape index (κ3) is 8.35. The highest BCUT2D eigenvalue weighted by Gasteiger charge is 2.37. The highest BCUT2D eigenvalue weighted by Crippen LogP contribution is 2.39. The van der Waals surface area contributed by atoms with Gasteiger partial charge in [0.1, 0.15) is 0 Å². The van der Waals surface area contributed by atoms with Crippen LogP contribution >= 0.6 is 0 Å². The fraction of sp³-hybridized carbons (Fsp3) is 0.905. The SMILES string of the molecule is C=CC(C)C.CC(C)CCCN1CCCC2(CCN(C)CC2)C1. The smallest absolute Gasteiger partial charge is 0.00389 e. The average Bonchev–Trinajstić information content (AvgIpc) is 2.51. The number of piperidine rings is 2. The van der Waals surface area contributed by atoms with E-state index in [0.29, 0.717) is 11.3 Å². The van der Waals surface area contributed by atoms with Gasteiger partial charge in [-0.1, -0.05) is 33.8 Å². The van der Waals surface area contributed by atoms with Gasteiger partial charge in [-0.05, 0) is 89.0 Å². The monoisotopic (exact) mass is 322 g/mol. The lowest BCUT2D eigenvalue weighted by Gasteiger charge is -2.47. The number of allylic oxidation sites excluding steroid dienone is 1. The zero-order chi connectivity index (χ0) is 17.3. The van der Waals surface area contributed by atoms with Crippen LogP contribution in [0.5, 0.6) is 0 Å². The predicted octanol–water partition coefficient (Wildman–Crippen LogP) is 5.06. The van der Waals surface area contributed by atoms with E-state index in [2.05, 4.69) is 51.1 Å². The summed E-state index contributed by atoms with van der Waals surface area (Å²) in [6, 6.07) is 0. The van der Waals surface area contributed by atoms with Crippen molar-refractivity contribution in [1.82, 2.24) is 9.80 Å². The molecule has 1 spiro atoms. The van der Waals surface area contributed by atoms with Gasteiger partial charge in [0, 0.05) is 6.54 Å². The molecule has 0 aromatic carbocycles. The Kier molecular flexibility index (Phi) is 9.46. The maximum absolute atomic E-state index is 3.56. The van der Waals surface area contributed by atoms with Gasteiger partial charge in [0.2, 0.25) is 0 Å².